The lowest BCUT2D eigenvalue weighted by Gasteiger charge is -2.10. The van der Waals surface area contributed by atoms with Crippen molar-refractivity contribution in [2.24, 2.45) is 0 Å². The molecule has 3 aromatic rings. The highest BCUT2D eigenvalue weighted by molar-refractivity contribution is 6.35. The summed E-state index contributed by atoms with van der Waals surface area (Å²) >= 11 is 6.05. The van der Waals surface area contributed by atoms with Crippen LogP contribution >= 0.6 is 11.6 Å². The summed E-state index contributed by atoms with van der Waals surface area (Å²) in [5.41, 5.74) is 0.435. The lowest BCUT2D eigenvalue weighted by atomic mass is 9.93. The van der Waals surface area contributed by atoms with Crippen LogP contribution in [-0.4, -0.2) is 16.9 Å². The van der Waals surface area contributed by atoms with Gasteiger partial charge < -0.3 is 5.11 Å². The van der Waals surface area contributed by atoms with Crippen LogP contribution in [0.4, 0.5) is 0 Å². The van der Waals surface area contributed by atoms with Gasteiger partial charge in [0.15, 0.2) is 5.78 Å². The molecule has 0 heterocycles. The number of benzene rings is 3. The van der Waals surface area contributed by atoms with Gasteiger partial charge in [-0.15, -0.1) is 0 Å². The van der Waals surface area contributed by atoms with Gasteiger partial charge in [0, 0.05) is 11.1 Å². The van der Waals surface area contributed by atoms with Gasteiger partial charge in [-0.05, 0) is 29.0 Å². The molecule has 3 nitrogen and oxygen atoms in total. The third-order valence-corrected chi connectivity index (χ3v) is 3.84. The van der Waals surface area contributed by atoms with E-state index >= 15 is 0 Å². The minimum absolute atomic E-state index is 0.00280. The average molecular weight is 311 g/mol. The van der Waals surface area contributed by atoms with Gasteiger partial charge in [-0.1, -0.05) is 54.1 Å². The van der Waals surface area contributed by atoms with Crippen LogP contribution in [0.2, 0.25) is 5.02 Å². The Morgan fingerprint density at radius 3 is 2.23 bits per heavy atom. The van der Waals surface area contributed by atoms with E-state index in [0.717, 1.165) is 5.39 Å². The zero-order valence-electron chi connectivity index (χ0n) is 11.4. The van der Waals surface area contributed by atoms with E-state index in [9.17, 15) is 14.7 Å². The van der Waals surface area contributed by atoms with Gasteiger partial charge in [-0.25, -0.2) is 4.79 Å². The van der Waals surface area contributed by atoms with Crippen molar-refractivity contribution >= 4 is 34.1 Å². The molecule has 4 heteroatoms. The van der Waals surface area contributed by atoms with Gasteiger partial charge in [-0.3, -0.25) is 4.79 Å². The van der Waals surface area contributed by atoms with Crippen molar-refractivity contribution < 1.29 is 14.7 Å². The van der Waals surface area contributed by atoms with Gasteiger partial charge in [0.2, 0.25) is 0 Å². The van der Waals surface area contributed by atoms with Crippen LogP contribution in [0.15, 0.2) is 60.7 Å². The second-order valence-corrected chi connectivity index (χ2v) is 5.23. The fourth-order valence-corrected chi connectivity index (χ4v) is 2.70. The largest absolute Gasteiger partial charge is 0.478 e. The lowest BCUT2D eigenvalue weighted by molar-refractivity contribution is 0.0695. The molecule has 0 amide bonds. The molecule has 0 saturated carbocycles. The summed E-state index contributed by atoms with van der Waals surface area (Å²) in [6, 6.07) is 17.0. The summed E-state index contributed by atoms with van der Waals surface area (Å²) in [6.07, 6.45) is 0. The monoisotopic (exact) mass is 310 g/mol. The Morgan fingerprint density at radius 2 is 1.50 bits per heavy atom. The van der Waals surface area contributed by atoms with Gasteiger partial charge in [0.05, 0.1) is 10.6 Å². The number of carbonyl (C=O) groups is 2. The molecule has 0 bridgehead atoms. The predicted molar refractivity (Wildman–Crippen MR) is 85.8 cm³/mol. The van der Waals surface area contributed by atoms with Gasteiger partial charge in [0.1, 0.15) is 0 Å². The van der Waals surface area contributed by atoms with Gasteiger partial charge >= 0.3 is 5.97 Å². The number of fused-ring (bicyclic) bond motifs is 1. The standard InChI is InChI=1S/C18H11ClO3/c19-15-8-4-3-7-13(15)17(20)14-10-9-11-5-1-2-6-12(11)16(14)18(21)22/h1-10H,(H,21,22). The number of aromatic carboxylic acids is 1. The highest BCUT2D eigenvalue weighted by Crippen LogP contribution is 2.26. The van der Waals surface area contributed by atoms with Crippen LogP contribution in [0.5, 0.6) is 0 Å². The Bertz CT molecular complexity index is 900. The molecule has 0 atom stereocenters. The van der Waals surface area contributed by atoms with Crippen LogP contribution in [0.1, 0.15) is 26.3 Å². The van der Waals surface area contributed by atoms with E-state index in [1.54, 1.807) is 42.5 Å². The van der Waals surface area contributed by atoms with Crippen LogP contribution in [0, 0.1) is 0 Å². The highest BCUT2D eigenvalue weighted by Gasteiger charge is 2.21. The van der Waals surface area contributed by atoms with Crippen LogP contribution in [0.3, 0.4) is 0 Å². The molecule has 0 saturated heterocycles. The first kappa shape index (κ1) is 14.3. The van der Waals surface area contributed by atoms with Crippen LogP contribution < -0.4 is 0 Å². The first-order chi connectivity index (χ1) is 10.6. The maximum Gasteiger partial charge on any atom is 0.337 e. The van der Waals surface area contributed by atoms with E-state index < -0.39 is 11.8 Å². The molecule has 0 aliphatic rings. The summed E-state index contributed by atoms with van der Waals surface area (Å²) in [4.78, 5) is 24.4. The van der Waals surface area contributed by atoms with E-state index in [2.05, 4.69) is 0 Å². The number of ketones is 1. The zero-order chi connectivity index (χ0) is 15.7. The number of carboxylic acid groups (broad SMARTS) is 1. The Labute approximate surface area is 131 Å². The highest BCUT2D eigenvalue weighted by atomic mass is 35.5. The van der Waals surface area contributed by atoms with Crippen LogP contribution in [0.25, 0.3) is 10.8 Å². The molecule has 0 aliphatic heterocycles. The number of halogens is 1. The summed E-state index contributed by atoms with van der Waals surface area (Å²) in [5, 5.41) is 11.2. The molecule has 0 radical (unpaired) electrons. The number of carboxylic acids is 1. The minimum atomic E-state index is -1.13. The first-order valence-electron chi connectivity index (χ1n) is 6.64. The number of hydrogen-bond donors (Lipinski definition) is 1. The molecule has 1 N–H and O–H groups in total. The Kier molecular flexibility index (Phi) is 3.65. The maximum atomic E-state index is 12.7. The molecule has 0 unspecified atom stereocenters. The number of rotatable bonds is 3. The normalized spacial score (nSPS) is 10.6. The molecule has 22 heavy (non-hydrogen) atoms. The fraction of sp³-hybridized carbons (Fsp3) is 0. The second-order valence-electron chi connectivity index (χ2n) is 4.82. The van der Waals surface area contributed by atoms with Gasteiger partial charge in [0.25, 0.3) is 0 Å². The SMILES string of the molecule is O=C(c1ccccc1Cl)c1ccc2ccccc2c1C(=O)O. The van der Waals surface area contributed by atoms with Crippen molar-refractivity contribution in [2.45, 2.75) is 0 Å². The van der Waals surface area contributed by atoms with Crippen molar-refractivity contribution in [2.75, 3.05) is 0 Å². The topological polar surface area (TPSA) is 54.4 Å². The molecule has 0 spiro atoms. The van der Waals surface area contributed by atoms with Gasteiger partial charge in [-0.2, -0.15) is 0 Å². The Morgan fingerprint density at radius 1 is 0.818 bits per heavy atom. The average Bonchev–Trinajstić information content (AvgIpc) is 2.53. The Hall–Kier alpha value is -2.65. The zero-order valence-corrected chi connectivity index (χ0v) is 12.2. The predicted octanol–water partition coefficient (Wildman–Crippen LogP) is 4.42. The molecular formula is C18H11ClO3. The smallest absolute Gasteiger partial charge is 0.337 e. The van der Waals surface area contributed by atoms with E-state index in [1.165, 1.54) is 6.07 Å². The van der Waals surface area contributed by atoms with Crippen molar-refractivity contribution in [1.29, 1.82) is 0 Å². The summed E-state index contributed by atoms with van der Waals surface area (Å²) < 4.78 is 0. The quantitative estimate of drug-likeness (QED) is 0.728. The van der Waals surface area contributed by atoms with E-state index in [1.807, 2.05) is 12.1 Å². The fourth-order valence-electron chi connectivity index (χ4n) is 2.48. The number of carbonyl (C=O) groups excluding carboxylic acids is 1. The van der Waals surface area contributed by atoms with E-state index in [-0.39, 0.29) is 11.1 Å². The molecule has 0 fully saturated rings. The summed E-state index contributed by atoms with van der Waals surface area (Å²) in [5.74, 6) is -1.53. The first-order valence-corrected chi connectivity index (χ1v) is 7.01. The molecule has 0 aliphatic carbocycles. The molecular weight excluding hydrogens is 300 g/mol. The second kappa shape index (κ2) is 5.62. The molecule has 0 aromatic heterocycles. The summed E-state index contributed by atoms with van der Waals surface area (Å²) in [6.45, 7) is 0. The third-order valence-electron chi connectivity index (χ3n) is 3.51. The van der Waals surface area contributed by atoms with Crippen molar-refractivity contribution in [3.8, 4) is 0 Å². The van der Waals surface area contributed by atoms with Crippen LogP contribution in [-0.2, 0) is 0 Å². The van der Waals surface area contributed by atoms with Crippen molar-refractivity contribution in [3.63, 3.8) is 0 Å². The third kappa shape index (κ3) is 2.36. The molecule has 3 rings (SSSR count). The van der Waals surface area contributed by atoms with E-state index in [4.69, 9.17) is 11.6 Å². The number of hydrogen-bond acceptors (Lipinski definition) is 2. The minimum Gasteiger partial charge on any atom is -0.478 e. The summed E-state index contributed by atoms with van der Waals surface area (Å²) in [7, 11) is 0. The maximum absolute atomic E-state index is 12.7. The lowest BCUT2D eigenvalue weighted by Crippen LogP contribution is -2.10. The van der Waals surface area contributed by atoms with Crippen molar-refractivity contribution in [1.82, 2.24) is 0 Å². The molecule has 3 aromatic carbocycles. The Balaban J connectivity index is 2.27. The molecule has 108 valence electrons. The van der Waals surface area contributed by atoms with Crippen molar-refractivity contribution in [3.05, 3.63) is 82.4 Å². The van der Waals surface area contributed by atoms with E-state index in [0.29, 0.717) is 16.0 Å².